The average molecular weight is 359 g/mol. The van der Waals surface area contributed by atoms with Gasteiger partial charge in [-0.3, -0.25) is 4.79 Å². The molecule has 1 N–H and O–H groups in total. The number of aryl methyl sites for hydroxylation is 5. The van der Waals surface area contributed by atoms with Crippen molar-refractivity contribution >= 4 is 17.2 Å². The van der Waals surface area contributed by atoms with Gasteiger partial charge in [-0.1, -0.05) is 12.1 Å². The number of benzene rings is 1. The van der Waals surface area contributed by atoms with E-state index in [1.807, 2.05) is 43.4 Å². The minimum Gasteiger partial charge on any atom is -0.483 e. The molecule has 1 aliphatic rings. The Kier molecular flexibility index (Phi) is 6.08. The summed E-state index contributed by atoms with van der Waals surface area (Å²) in [6.07, 6.45) is 6.76. The Labute approximate surface area is 153 Å². The molecule has 1 amide bonds. The first-order chi connectivity index (χ1) is 12.1. The van der Waals surface area contributed by atoms with Gasteiger partial charge in [-0.15, -0.1) is 11.3 Å². The molecule has 0 aliphatic heterocycles. The third-order valence-corrected chi connectivity index (χ3v) is 5.70. The largest absolute Gasteiger partial charge is 0.483 e. The van der Waals surface area contributed by atoms with Crippen molar-refractivity contribution in [3.05, 3.63) is 44.9 Å². The Hall–Kier alpha value is -1.88. The van der Waals surface area contributed by atoms with Crippen molar-refractivity contribution in [2.75, 3.05) is 13.2 Å². The van der Waals surface area contributed by atoms with Crippen LogP contribution in [0.25, 0.3) is 0 Å². The van der Waals surface area contributed by atoms with Crippen LogP contribution < -0.4 is 10.1 Å². The molecule has 3 rings (SSSR count). The molecule has 0 radical (unpaired) electrons. The highest BCUT2D eigenvalue weighted by atomic mass is 32.1. The average Bonchev–Trinajstić information content (AvgIpc) is 3.02. The van der Waals surface area contributed by atoms with Crippen molar-refractivity contribution in [3.63, 3.8) is 0 Å². The van der Waals surface area contributed by atoms with Crippen LogP contribution in [-0.4, -0.2) is 24.0 Å². The first-order valence-electron chi connectivity index (χ1n) is 9.06. The summed E-state index contributed by atoms with van der Waals surface area (Å²) in [6, 6.07) is 6.02. The van der Waals surface area contributed by atoms with E-state index >= 15 is 0 Å². The van der Waals surface area contributed by atoms with E-state index in [4.69, 9.17) is 9.72 Å². The number of rotatable bonds is 7. The number of aromatic nitrogens is 1. The van der Waals surface area contributed by atoms with Crippen molar-refractivity contribution in [1.29, 1.82) is 0 Å². The second-order valence-corrected chi connectivity index (χ2v) is 7.86. The van der Waals surface area contributed by atoms with E-state index in [1.54, 1.807) is 0 Å². The second-order valence-electron chi connectivity index (χ2n) is 6.70. The maximum atomic E-state index is 11.9. The first-order valence-corrected chi connectivity index (χ1v) is 9.87. The fourth-order valence-corrected chi connectivity index (χ4v) is 4.24. The molecule has 0 saturated carbocycles. The van der Waals surface area contributed by atoms with E-state index in [9.17, 15) is 4.79 Å². The number of carbonyl (C=O) groups is 1. The molecule has 134 valence electrons. The van der Waals surface area contributed by atoms with Crippen molar-refractivity contribution in [2.45, 2.75) is 52.4 Å². The normalized spacial score (nSPS) is 13.4. The van der Waals surface area contributed by atoms with Gasteiger partial charge in [-0.2, -0.15) is 0 Å². The van der Waals surface area contributed by atoms with E-state index in [0.717, 1.165) is 36.1 Å². The molecule has 0 unspecified atom stereocenters. The molecule has 0 spiro atoms. The summed E-state index contributed by atoms with van der Waals surface area (Å²) < 4.78 is 5.63. The lowest BCUT2D eigenvalue weighted by Gasteiger charge is -2.10. The molecule has 0 saturated heterocycles. The molecule has 1 aromatic heterocycles. The van der Waals surface area contributed by atoms with Crippen LogP contribution in [0, 0.1) is 13.8 Å². The summed E-state index contributed by atoms with van der Waals surface area (Å²) in [7, 11) is 0. The zero-order valence-corrected chi connectivity index (χ0v) is 15.9. The van der Waals surface area contributed by atoms with Crippen molar-refractivity contribution in [3.8, 4) is 5.75 Å². The topological polar surface area (TPSA) is 51.2 Å². The Balaban J connectivity index is 1.36. The molecule has 0 fully saturated rings. The number of fused-ring (bicyclic) bond motifs is 1. The van der Waals surface area contributed by atoms with E-state index in [0.29, 0.717) is 6.54 Å². The number of carbonyl (C=O) groups excluding carboxylic acids is 1. The minimum absolute atomic E-state index is 0.0653. The lowest BCUT2D eigenvalue weighted by molar-refractivity contribution is -0.123. The van der Waals surface area contributed by atoms with Gasteiger partial charge >= 0.3 is 0 Å². The molecule has 1 heterocycles. The van der Waals surface area contributed by atoms with Gasteiger partial charge in [0, 0.05) is 17.8 Å². The van der Waals surface area contributed by atoms with Gasteiger partial charge in [0.25, 0.3) is 5.91 Å². The molecule has 1 aromatic carbocycles. The van der Waals surface area contributed by atoms with Crippen LogP contribution in [0.5, 0.6) is 5.75 Å². The Morgan fingerprint density at radius 1 is 1.28 bits per heavy atom. The van der Waals surface area contributed by atoms with Crippen LogP contribution in [-0.2, 0) is 24.1 Å². The molecule has 5 heteroatoms. The van der Waals surface area contributed by atoms with Gasteiger partial charge < -0.3 is 10.1 Å². The highest BCUT2D eigenvalue weighted by molar-refractivity contribution is 7.11. The van der Waals surface area contributed by atoms with Crippen LogP contribution >= 0.6 is 11.3 Å². The number of hydrogen-bond donors (Lipinski definition) is 1. The number of nitrogens with one attached hydrogen (secondary N) is 1. The predicted molar refractivity (Wildman–Crippen MR) is 101 cm³/mol. The summed E-state index contributed by atoms with van der Waals surface area (Å²) in [5.74, 6) is 0.711. The fraction of sp³-hybridized carbons (Fsp3) is 0.500. The van der Waals surface area contributed by atoms with Gasteiger partial charge in [0.1, 0.15) is 5.75 Å². The van der Waals surface area contributed by atoms with Crippen LogP contribution in [0.2, 0.25) is 0 Å². The summed E-state index contributed by atoms with van der Waals surface area (Å²) in [5.41, 5.74) is 3.50. The maximum Gasteiger partial charge on any atom is 0.257 e. The molecular weight excluding hydrogens is 332 g/mol. The number of hydrogen-bond acceptors (Lipinski definition) is 4. The minimum atomic E-state index is -0.0701. The highest BCUT2D eigenvalue weighted by Crippen LogP contribution is 2.27. The smallest absolute Gasteiger partial charge is 0.257 e. The third kappa shape index (κ3) is 5.05. The molecule has 25 heavy (non-hydrogen) atoms. The maximum absolute atomic E-state index is 11.9. The fourth-order valence-electron chi connectivity index (χ4n) is 3.04. The Morgan fingerprint density at radius 2 is 2.12 bits per heavy atom. The van der Waals surface area contributed by atoms with E-state index in [-0.39, 0.29) is 12.5 Å². The highest BCUT2D eigenvalue weighted by Gasteiger charge is 2.14. The lowest BCUT2D eigenvalue weighted by atomic mass is 10.0. The molecule has 1 aliphatic carbocycles. The number of ether oxygens (including phenoxy) is 1. The van der Waals surface area contributed by atoms with Gasteiger partial charge in [0.15, 0.2) is 6.61 Å². The summed E-state index contributed by atoms with van der Waals surface area (Å²) in [4.78, 5) is 18.2. The number of amides is 1. The summed E-state index contributed by atoms with van der Waals surface area (Å²) in [5, 5.41) is 4.15. The quantitative estimate of drug-likeness (QED) is 0.767. The molecule has 0 bridgehead atoms. The monoisotopic (exact) mass is 358 g/mol. The molecule has 2 aromatic rings. The zero-order valence-electron chi connectivity index (χ0n) is 15.1. The van der Waals surface area contributed by atoms with Gasteiger partial charge in [0.05, 0.1) is 10.7 Å². The second kappa shape index (κ2) is 8.48. The van der Waals surface area contributed by atoms with Crippen LogP contribution in [0.4, 0.5) is 0 Å². The van der Waals surface area contributed by atoms with Crippen LogP contribution in [0.3, 0.4) is 0 Å². The predicted octanol–water partition coefficient (Wildman–Crippen LogP) is 3.77. The number of nitrogens with zero attached hydrogens (tertiary/aromatic N) is 1. The summed E-state index contributed by atoms with van der Waals surface area (Å²) >= 11 is 1.86. The van der Waals surface area contributed by atoms with E-state index < -0.39 is 0 Å². The molecule has 4 nitrogen and oxygen atoms in total. The van der Waals surface area contributed by atoms with Crippen molar-refractivity contribution in [1.82, 2.24) is 10.3 Å². The first kappa shape index (κ1) is 17.9. The number of thiazole rings is 1. The van der Waals surface area contributed by atoms with Gasteiger partial charge in [-0.05, 0) is 63.1 Å². The van der Waals surface area contributed by atoms with Crippen LogP contribution in [0.15, 0.2) is 18.2 Å². The van der Waals surface area contributed by atoms with Gasteiger partial charge in [-0.25, -0.2) is 4.98 Å². The van der Waals surface area contributed by atoms with Crippen molar-refractivity contribution < 1.29 is 9.53 Å². The SMILES string of the molecule is Cc1ccc(C)c(OCC(=O)NCCCc2nc3c(s2)CCCC3)c1. The lowest BCUT2D eigenvalue weighted by Crippen LogP contribution is -2.30. The Bertz CT molecular complexity index is 716. The molecule has 0 atom stereocenters. The molecular formula is C20H26N2O2S. The third-order valence-electron chi connectivity index (χ3n) is 4.48. The zero-order chi connectivity index (χ0) is 17.6. The Morgan fingerprint density at radius 3 is 2.96 bits per heavy atom. The van der Waals surface area contributed by atoms with Crippen LogP contribution in [0.1, 0.15) is 46.0 Å². The van der Waals surface area contributed by atoms with E-state index in [2.05, 4.69) is 5.32 Å². The summed E-state index contributed by atoms with van der Waals surface area (Å²) in [6.45, 7) is 4.73. The van der Waals surface area contributed by atoms with Crippen molar-refractivity contribution in [2.24, 2.45) is 0 Å². The standard InChI is InChI=1S/C20H26N2O2S/c1-14-9-10-15(2)17(12-14)24-13-19(23)21-11-5-8-20-22-16-6-3-4-7-18(16)25-20/h9-10,12H,3-8,11,13H2,1-2H3,(H,21,23). The van der Waals surface area contributed by atoms with Gasteiger partial charge in [0.2, 0.25) is 0 Å². The van der Waals surface area contributed by atoms with E-state index in [1.165, 1.54) is 34.8 Å².